The number of pyridine rings is 2. The molecule has 0 aromatic carbocycles. The highest BCUT2D eigenvalue weighted by Gasteiger charge is 2.28. The number of hydrogen-bond acceptors (Lipinski definition) is 6. The molecule has 1 aliphatic rings. The highest BCUT2D eigenvalue weighted by atomic mass is 15.3. The van der Waals surface area contributed by atoms with E-state index in [0.717, 1.165) is 40.6 Å². The number of nitrogens with one attached hydrogen (secondary N) is 2. The predicted molar refractivity (Wildman–Crippen MR) is 101 cm³/mol. The van der Waals surface area contributed by atoms with Crippen LogP contribution in [0.4, 0.5) is 5.95 Å². The van der Waals surface area contributed by atoms with Crippen molar-refractivity contribution in [1.29, 1.82) is 0 Å². The van der Waals surface area contributed by atoms with Crippen LogP contribution >= 0.6 is 0 Å². The van der Waals surface area contributed by atoms with E-state index in [2.05, 4.69) is 25.7 Å². The van der Waals surface area contributed by atoms with E-state index in [1.807, 2.05) is 54.3 Å². The molecule has 0 unspecified atom stereocenters. The van der Waals surface area contributed by atoms with Crippen LogP contribution in [0.2, 0.25) is 0 Å². The van der Waals surface area contributed by atoms with E-state index in [4.69, 9.17) is 4.98 Å². The van der Waals surface area contributed by atoms with Gasteiger partial charge in [0.1, 0.15) is 0 Å². The Hall–Kier alpha value is -3.06. The van der Waals surface area contributed by atoms with Gasteiger partial charge in [0.2, 0.25) is 5.95 Å². The van der Waals surface area contributed by atoms with Crippen LogP contribution in [-0.4, -0.2) is 43.7 Å². The molecule has 4 aromatic rings. The molecule has 1 saturated carbocycles. The molecule has 0 spiro atoms. The van der Waals surface area contributed by atoms with Crippen LogP contribution in [0.25, 0.3) is 27.8 Å². The molecule has 7 heteroatoms. The highest BCUT2D eigenvalue weighted by Crippen LogP contribution is 2.26. The van der Waals surface area contributed by atoms with Gasteiger partial charge in [-0.25, -0.2) is 14.5 Å². The molecule has 26 heavy (non-hydrogen) atoms. The molecule has 0 bridgehead atoms. The van der Waals surface area contributed by atoms with E-state index in [1.165, 1.54) is 0 Å². The average Bonchev–Trinajstić information content (AvgIpc) is 3.07. The number of anilines is 1. The quantitative estimate of drug-likeness (QED) is 0.592. The molecule has 0 atom stereocenters. The van der Waals surface area contributed by atoms with Crippen molar-refractivity contribution in [3.8, 4) is 11.3 Å². The van der Waals surface area contributed by atoms with Crippen LogP contribution in [0.5, 0.6) is 0 Å². The Labute approximate surface area is 150 Å². The van der Waals surface area contributed by atoms with Gasteiger partial charge in [-0.15, -0.1) is 5.10 Å². The molecule has 130 valence electrons. The number of aromatic nitrogens is 5. The van der Waals surface area contributed by atoms with Crippen molar-refractivity contribution in [2.24, 2.45) is 0 Å². The average molecular weight is 345 g/mol. The van der Waals surface area contributed by atoms with Gasteiger partial charge in [-0.05, 0) is 50.2 Å². The number of fused-ring (bicyclic) bond motifs is 2. The van der Waals surface area contributed by atoms with Crippen LogP contribution in [0.3, 0.4) is 0 Å². The predicted octanol–water partition coefficient (Wildman–Crippen LogP) is 2.50. The van der Waals surface area contributed by atoms with Gasteiger partial charge in [-0.1, -0.05) is 0 Å². The second-order valence-corrected chi connectivity index (χ2v) is 6.68. The Morgan fingerprint density at radius 3 is 2.85 bits per heavy atom. The molecular weight excluding hydrogens is 326 g/mol. The lowest BCUT2D eigenvalue weighted by Crippen LogP contribution is -2.46. The summed E-state index contributed by atoms with van der Waals surface area (Å²) in [6, 6.07) is 10.9. The summed E-state index contributed by atoms with van der Waals surface area (Å²) in [7, 11) is 2.00. The van der Waals surface area contributed by atoms with E-state index < -0.39 is 0 Å². The summed E-state index contributed by atoms with van der Waals surface area (Å²) in [6.07, 6.45) is 7.78. The second kappa shape index (κ2) is 6.03. The molecular formula is C19H19N7. The highest BCUT2D eigenvalue weighted by molar-refractivity contribution is 5.83. The first-order chi connectivity index (χ1) is 12.8. The van der Waals surface area contributed by atoms with Gasteiger partial charge >= 0.3 is 0 Å². The first-order valence-electron chi connectivity index (χ1n) is 8.80. The summed E-state index contributed by atoms with van der Waals surface area (Å²) < 4.78 is 1.86. The number of hydrogen-bond donors (Lipinski definition) is 2. The maximum absolute atomic E-state index is 4.72. The van der Waals surface area contributed by atoms with Gasteiger partial charge in [-0.2, -0.15) is 0 Å². The van der Waals surface area contributed by atoms with Crippen molar-refractivity contribution in [3.63, 3.8) is 0 Å². The van der Waals surface area contributed by atoms with Gasteiger partial charge in [0.15, 0.2) is 0 Å². The molecule has 1 fully saturated rings. The Bertz CT molecular complexity index is 1080. The molecule has 4 heterocycles. The van der Waals surface area contributed by atoms with E-state index in [1.54, 1.807) is 6.20 Å². The summed E-state index contributed by atoms with van der Waals surface area (Å²) in [5.74, 6) is 0.662. The summed E-state index contributed by atoms with van der Waals surface area (Å²) in [5, 5.41) is 11.3. The fourth-order valence-electron chi connectivity index (χ4n) is 3.44. The lowest BCUT2D eigenvalue weighted by atomic mass is 9.87. The van der Waals surface area contributed by atoms with Gasteiger partial charge in [0.25, 0.3) is 0 Å². The molecule has 2 N–H and O–H groups in total. The van der Waals surface area contributed by atoms with Crippen LogP contribution < -0.4 is 10.6 Å². The molecule has 7 nitrogen and oxygen atoms in total. The molecule has 0 saturated heterocycles. The maximum atomic E-state index is 4.72. The third-order valence-electron chi connectivity index (χ3n) is 5.03. The normalized spacial score (nSPS) is 19.6. The summed E-state index contributed by atoms with van der Waals surface area (Å²) in [4.78, 5) is 13.5. The first-order valence-corrected chi connectivity index (χ1v) is 8.80. The van der Waals surface area contributed by atoms with Crippen molar-refractivity contribution in [2.45, 2.75) is 24.9 Å². The smallest absolute Gasteiger partial charge is 0.241 e. The van der Waals surface area contributed by atoms with Gasteiger partial charge in [-0.3, -0.25) is 4.98 Å². The van der Waals surface area contributed by atoms with E-state index in [9.17, 15) is 0 Å². The third-order valence-corrected chi connectivity index (χ3v) is 5.03. The van der Waals surface area contributed by atoms with Crippen molar-refractivity contribution >= 4 is 22.5 Å². The zero-order valence-corrected chi connectivity index (χ0v) is 14.4. The van der Waals surface area contributed by atoms with Crippen molar-refractivity contribution in [3.05, 3.63) is 48.9 Å². The fourth-order valence-corrected chi connectivity index (χ4v) is 3.44. The zero-order chi connectivity index (χ0) is 17.5. The van der Waals surface area contributed by atoms with Gasteiger partial charge < -0.3 is 10.6 Å². The minimum atomic E-state index is 0.439. The summed E-state index contributed by atoms with van der Waals surface area (Å²) in [5.41, 5.74) is 4.62. The third kappa shape index (κ3) is 2.57. The lowest BCUT2D eigenvalue weighted by Gasteiger charge is -2.35. The number of nitrogens with zero attached hydrogens (tertiary/aromatic N) is 5. The fraction of sp³-hybridized carbons (Fsp3) is 0.263. The first kappa shape index (κ1) is 15.2. The van der Waals surface area contributed by atoms with Gasteiger partial charge in [0, 0.05) is 30.0 Å². The zero-order valence-electron chi connectivity index (χ0n) is 14.4. The van der Waals surface area contributed by atoms with Crippen LogP contribution in [0.1, 0.15) is 12.8 Å². The largest absolute Gasteiger partial charge is 0.350 e. The Kier molecular flexibility index (Phi) is 3.53. The Balaban J connectivity index is 1.45. The second-order valence-electron chi connectivity index (χ2n) is 6.68. The maximum Gasteiger partial charge on any atom is 0.241 e. The van der Waals surface area contributed by atoms with Gasteiger partial charge in [0.05, 0.1) is 28.4 Å². The van der Waals surface area contributed by atoms with Crippen molar-refractivity contribution in [1.82, 2.24) is 29.9 Å². The monoisotopic (exact) mass is 345 g/mol. The molecule has 0 amide bonds. The SMILES string of the molecule is CNC1CC(Nc2ncc3c(-c4ccc5ncccc5n4)ccn3n2)C1. The van der Waals surface area contributed by atoms with E-state index >= 15 is 0 Å². The van der Waals surface area contributed by atoms with Crippen molar-refractivity contribution in [2.75, 3.05) is 12.4 Å². The Morgan fingerprint density at radius 1 is 1.04 bits per heavy atom. The van der Waals surface area contributed by atoms with Crippen LogP contribution in [0.15, 0.2) is 48.9 Å². The van der Waals surface area contributed by atoms with Crippen LogP contribution in [-0.2, 0) is 0 Å². The summed E-state index contributed by atoms with van der Waals surface area (Å²) >= 11 is 0. The van der Waals surface area contributed by atoms with Crippen LogP contribution in [0, 0.1) is 0 Å². The molecule has 5 rings (SSSR count). The molecule has 0 radical (unpaired) electrons. The lowest BCUT2D eigenvalue weighted by molar-refractivity contribution is 0.325. The minimum absolute atomic E-state index is 0.439. The number of rotatable bonds is 4. The topological polar surface area (TPSA) is 80.0 Å². The molecule has 1 aliphatic carbocycles. The minimum Gasteiger partial charge on any atom is -0.350 e. The van der Waals surface area contributed by atoms with E-state index in [0.29, 0.717) is 18.0 Å². The Morgan fingerprint density at radius 2 is 1.96 bits per heavy atom. The van der Waals surface area contributed by atoms with Crippen molar-refractivity contribution < 1.29 is 0 Å². The standard InChI is InChI=1S/C19H19N7/c1-20-12-9-13(10-12)23-19-22-11-18-14(6-8-26(18)25-19)15-4-5-16-17(24-15)3-2-7-21-16/h2-8,11-13,20H,9-10H2,1H3,(H,23,25). The van der Waals surface area contributed by atoms with E-state index in [-0.39, 0.29) is 0 Å². The summed E-state index contributed by atoms with van der Waals surface area (Å²) in [6.45, 7) is 0. The molecule has 0 aliphatic heterocycles. The molecule has 4 aromatic heterocycles.